The van der Waals surface area contributed by atoms with Crippen molar-refractivity contribution in [2.75, 3.05) is 0 Å². The summed E-state index contributed by atoms with van der Waals surface area (Å²) < 4.78 is 0. The van der Waals surface area contributed by atoms with E-state index in [0.717, 1.165) is 33.8 Å². The molecule has 0 aromatic heterocycles. The minimum atomic E-state index is -0.120. The molecule has 4 heteroatoms. The van der Waals surface area contributed by atoms with Crippen molar-refractivity contribution in [3.05, 3.63) is 47.5 Å². The number of aromatic hydroxyl groups is 2. The predicted molar refractivity (Wildman–Crippen MR) is 135 cm³/mol. The Kier molecular flexibility index (Phi) is 9.05. The molecule has 2 aromatic carbocycles. The Hall–Kier alpha value is -1.12. The van der Waals surface area contributed by atoms with Crippen molar-refractivity contribution in [1.29, 1.82) is 0 Å². The van der Waals surface area contributed by atoms with Crippen molar-refractivity contribution in [2.45, 2.75) is 103 Å². The molecule has 0 radical (unpaired) electrons. The Morgan fingerprint density at radius 3 is 1.19 bits per heavy atom. The van der Waals surface area contributed by atoms with Crippen molar-refractivity contribution in [1.82, 2.24) is 0 Å². The largest absolute Gasteiger partial charge is 0.507 e. The molecule has 2 rings (SSSR count). The number of hydrogen-bond donors (Lipinski definition) is 2. The van der Waals surface area contributed by atoms with E-state index in [9.17, 15) is 10.2 Å². The maximum absolute atomic E-state index is 10.9. The maximum Gasteiger partial charge on any atom is 0.129 e. The van der Waals surface area contributed by atoms with Crippen LogP contribution in [0.15, 0.2) is 46.2 Å². The van der Waals surface area contributed by atoms with Crippen LogP contribution in [0.4, 0.5) is 0 Å². The van der Waals surface area contributed by atoms with E-state index >= 15 is 0 Å². The molecule has 0 fully saturated rings. The minimum absolute atomic E-state index is 0. The summed E-state index contributed by atoms with van der Waals surface area (Å²) in [6.45, 7) is 22.5. The van der Waals surface area contributed by atoms with Gasteiger partial charge in [-0.3, -0.25) is 0 Å². The van der Waals surface area contributed by atoms with E-state index in [1.54, 1.807) is 12.1 Å². The summed E-state index contributed by atoms with van der Waals surface area (Å²) in [5, 5.41) is 21.8. The predicted octanol–water partition coefficient (Wildman–Crippen LogP) is 8.67. The van der Waals surface area contributed by atoms with Gasteiger partial charge in [0, 0.05) is 16.5 Å². The second-order valence-electron chi connectivity index (χ2n) is 12.7. The second kappa shape index (κ2) is 10.0. The molecular weight excluding hydrogens is 459 g/mol. The van der Waals surface area contributed by atoms with Crippen LogP contribution in [0.25, 0.3) is 0 Å². The van der Waals surface area contributed by atoms with Crippen molar-refractivity contribution >= 4 is 11.8 Å². The van der Waals surface area contributed by atoms with Gasteiger partial charge in [-0.25, -0.2) is 0 Å². The Bertz CT molecular complexity index is 843. The summed E-state index contributed by atoms with van der Waals surface area (Å²) in [7, 11) is 0. The van der Waals surface area contributed by atoms with Crippen molar-refractivity contribution in [3.63, 3.8) is 0 Å². The monoisotopic (exact) mass is 500 g/mol. The molecule has 2 aromatic rings. The Morgan fingerprint density at radius 2 is 0.906 bits per heavy atom. The van der Waals surface area contributed by atoms with Crippen LogP contribution in [0.1, 0.15) is 93.2 Å². The summed E-state index contributed by atoms with van der Waals surface area (Å²) >= 11 is 1.50. The van der Waals surface area contributed by atoms with E-state index in [1.165, 1.54) is 11.8 Å². The van der Waals surface area contributed by atoms with Gasteiger partial charge in [0.05, 0.1) is 9.79 Å². The van der Waals surface area contributed by atoms with Gasteiger partial charge in [0.2, 0.25) is 0 Å². The number of rotatable bonds is 6. The van der Waals surface area contributed by atoms with Gasteiger partial charge in [-0.15, -0.1) is 0 Å². The van der Waals surface area contributed by atoms with Crippen molar-refractivity contribution < 1.29 is 26.7 Å². The summed E-state index contributed by atoms with van der Waals surface area (Å²) in [5.41, 5.74) is 2.32. The minimum Gasteiger partial charge on any atom is -0.507 e. The smallest absolute Gasteiger partial charge is 0.129 e. The van der Waals surface area contributed by atoms with Crippen LogP contribution in [-0.4, -0.2) is 10.2 Å². The van der Waals surface area contributed by atoms with Gasteiger partial charge >= 0.3 is 0 Å². The molecule has 0 amide bonds. The molecule has 0 saturated carbocycles. The summed E-state index contributed by atoms with van der Waals surface area (Å²) in [4.78, 5) is 1.68. The van der Waals surface area contributed by atoms with Gasteiger partial charge in [0.15, 0.2) is 0 Å². The van der Waals surface area contributed by atoms with Crippen molar-refractivity contribution in [3.8, 4) is 11.5 Å². The van der Waals surface area contributed by atoms with Gasteiger partial charge in [0.25, 0.3) is 0 Å². The molecule has 182 valence electrons. The van der Waals surface area contributed by atoms with E-state index in [4.69, 9.17) is 0 Å². The average molecular weight is 501 g/mol. The number of hydrogen-bond acceptors (Lipinski definition) is 3. The normalized spacial score (nSPS) is 13.1. The van der Waals surface area contributed by atoms with Crippen LogP contribution in [0.2, 0.25) is 0 Å². The van der Waals surface area contributed by atoms with E-state index in [2.05, 4.69) is 81.4 Å². The van der Waals surface area contributed by atoms with Crippen molar-refractivity contribution in [2.24, 2.45) is 10.8 Å². The van der Waals surface area contributed by atoms with Crippen LogP contribution < -0.4 is 0 Å². The maximum atomic E-state index is 10.9. The van der Waals surface area contributed by atoms with Gasteiger partial charge in [-0.05, 0) is 57.8 Å². The molecular formula is C28H42NiO2S. The van der Waals surface area contributed by atoms with E-state index in [1.807, 2.05) is 12.1 Å². The van der Waals surface area contributed by atoms with Gasteiger partial charge in [-0.1, -0.05) is 105 Å². The molecule has 32 heavy (non-hydrogen) atoms. The first-order valence-electron chi connectivity index (χ1n) is 11.3. The number of benzene rings is 2. The Morgan fingerprint density at radius 1 is 0.594 bits per heavy atom. The molecule has 0 atom stereocenters. The third kappa shape index (κ3) is 7.46. The average Bonchev–Trinajstić information content (AvgIpc) is 2.53. The topological polar surface area (TPSA) is 40.5 Å². The SMILES string of the molecule is CC(C)(C)CC(C)(C)c1cccc(O)c1Sc1c(O)cccc1C(C)(C)CC(C)(C)C.[Ni]. The molecule has 0 aliphatic carbocycles. The zero-order chi connectivity index (χ0) is 23.8. The zero-order valence-corrected chi connectivity index (χ0v) is 23.3. The fraction of sp³-hybridized carbons (Fsp3) is 0.571. The fourth-order valence-corrected chi connectivity index (χ4v) is 6.73. The Balaban J connectivity index is 0.00000512. The summed E-state index contributed by atoms with van der Waals surface area (Å²) in [5.74, 6) is 0.541. The van der Waals surface area contributed by atoms with Crippen LogP contribution in [0.5, 0.6) is 11.5 Å². The zero-order valence-electron chi connectivity index (χ0n) is 21.5. The fourth-order valence-electron chi connectivity index (χ4n) is 5.27. The van der Waals surface area contributed by atoms with Crippen LogP contribution in [-0.2, 0) is 27.3 Å². The summed E-state index contributed by atoms with van der Waals surface area (Å²) in [6, 6.07) is 11.6. The standard InChI is InChI=1S/C28H42O2S.Ni/c1-25(2,3)17-27(7,8)19-13-11-15-21(29)23(19)31-24-20(14-12-16-22(24)30)28(9,10)18-26(4,5)6;/h11-16,29-30H,17-18H2,1-10H3;. The van der Waals surface area contributed by atoms with Crippen LogP contribution in [0, 0.1) is 10.8 Å². The van der Waals surface area contributed by atoms with E-state index < -0.39 is 0 Å². The molecule has 0 heterocycles. The number of phenolic OH excluding ortho intramolecular Hbond substituents is 2. The molecule has 0 aliphatic rings. The van der Waals surface area contributed by atoms with E-state index in [-0.39, 0.29) is 49.7 Å². The third-order valence-electron chi connectivity index (χ3n) is 5.60. The van der Waals surface area contributed by atoms with Crippen LogP contribution >= 0.6 is 11.8 Å². The number of phenols is 2. The summed E-state index contributed by atoms with van der Waals surface area (Å²) in [6.07, 6.45) is 1.97. The molecule has 0 aliphatic heterocycles. The first-order chi connectivity index (χ1) is 13.9. The van der Waals surface area contributed by atoms with Gasteiger partial charge in [-0.2, -0.15) is 0 Å². The Labute approximate surface area is 210 Å². The molecule has 0 bridgehead atoms. The first-order valence-corrected chi connectivity index (χ1v) is 12.1. The van der Waals surface area contributed by atoms with Crippen LogP contribution in [0.3, 0.4) is 0 Å². The quantitative estimate of drug-likeness (QED) is 0.389. The molecule has 0 saturated heterocycles. The van der Waals surface area contributed by atoms with Gasteiger partial charge < -0.3 is 10.2 Å². The third-order valence-corrected chi connectivity index (χ3v) is 6.86. The van der Waals surface area contributed by atoms with Gasteiger partial charge in [0.1, 0.15) is 11.5 Å². The van der Waals surface area contributed by atoms with E-state index in [0.29, 0.717) is 0 Å². The molecule has 2 nitrogen and oxygen atoms in total. The molecule has 0 unspecified atom stereocenters. The molecule has 0 spiro atoms. The first kappa shape index (κ1) is 28.9. The molecule has 2 N–H and O–H groups in total. The second-order valence-corrected chi connectivity index (χ2v) is 13.7.